The van der Waals surface area contributed by atoms with Gasteiger partial charge in [0.15, 0.2) is 0 Å². The maximum absolute atomic E-state index is 9.31. The molecule has 0 bridgehead atoms. The molecule has 2 aliphatic rings. The SMILES string of the molecule is [2H]c1c([2H])c([2H])c(-c2ccc3c(c2)N(c2ccc(-c4ccccc4)cc2)c2c4c(cc5[nH]c6c(-c7ccccc7-c7ccccc7-c7ccccc7)cccc6c25)-n2c5ccc(C(C)(C)C)cc5c5cc(C(C)(C)C)cc(c52)B34)c([2H])c1[2H]. The molecule has 0 saturated heterocycles. The van der Waals surface area contributed by atoms with Crippen molar-refractivity contribution in [3.8, 4) is 61.3 Å². The lowest BCUT2D eigenvalue weighted by molar-refractivity contribution is 0.590. The highest BCUT2D eigenvalue weighted by Crippen LogP contribution is 2.50. The summed E-state index contributed by atoms with van der Waals surface area (Å²) in [6.07, 6.45) is 0. The number of hydrogen-bond donors (Lipinski definition) is 1. The molecule has 4 heterocycles. The molecule has 13 aromatic rings. The molecule has 0 atom stereocenters. The minimum absolute atomic E-state index is 0.0895. The molecule has 1 N–H and O–H groups in total. The molecule has 2 aliphatic heterocycles. The van der Waals surface area contributed by atoms with Crippen LogP contribution in [0.1, 0.15) is 59.5 Å². The van der Waals surface area contributed by atoms with Gasteiger partial charge < -0.3 is 14.5 Å². The molecule has 3 nitrogen and oxygen atoms in total. The zero-order valence-corrected chi connectivity index (χ0v) is 44.6. The molecular formula is C74H58BN3. The Balaban J connectivity index is 1.10. The fourth-order valence-electron chi connectivity index (χ4n) is 12.9. The second-order valence-electron chi connectivity index (χ2n) is 23.4. The van der Waals surface area contributed by atoms with Crippen molar-refractivity contribution < 1.29 is 6.85 Å². The van der Waals surface area contributed by atoms with Crippen LogP contribution < -0.4 is 21.3 Å². The van der Waals surface area contributed by atoms with Crippen molar-refractivity contribution in [3.63, 3.8) is 0 Å². The highest BCUT2D eigenvalue weighted by Gasteiger charge is 2.44. The minimum atomic E-state index is -0.414. The van der Waals surface area contributed by atoms with Crippen molar-refractivity contribution in [2.75, 3.05) is 4.90 Å². The van der Waals surface area contributed by atoms with E-state index in [1.165, 1.54) is 38.3 Å². The predicted molar refractivity (Wildman–Crippen MR) is 334 cm³/mol. The van der Waals surface area contributed by atoms with Gasteiger partial charge in [-0.3, -0.25) is 0 Å². The second kappa shape index (κ2) is 17.2. The first-order valence-corrected chi connectivity index (χ1v) is 27.2. The highest BCUT2D eigenvalue weighted by atomic mass is 15.2. The maximum Gasteiger partial charge on any atom is 0.252 e. The Bertz CT molecular complexity index is 4840. The fraction of sp³-hybridized carbons (Fsp3) is 0.108. The predicted octanol–water partition coefficient (Wildman–Crippen LogP) is 18.0. The number of rotatable bonds is 6. The lowest BCUT2D eigenvalue weighted by Crippen LogP contribution is -2.60. The molecule has 78 heavy (non-hydrogen) atoms. The van der Waals surface area contributed by atoms with Gasteiger partial charge in [-0.05, 0) is 131 Å². The van der Waals surface area contributed by atoms with Gasteiger partial charge in [0.2, 0.25) is 0 Å². The molecule has 0 spiro atoms. The fourth-order valence-corrected chi connectivity index (χ4v) is 12.9. The van der Waals surface area contributed by atoms with E-state index in [4.69, 9.17) is 4.11 Å². The van der Waals surface area contributed by atoms with Gasteiger partial charge in [-0.1, -0.05) is 236 Å². The van der Waals surface area contributed by atoms with Crippen molar-refractivity contribution in [1.29, 1.82) is 0 Å². The zero-order valence-electron chi connectivity index (χ0n) is 49.6. The molecule has 4 heteroatoms. The van der Waals surface area contributed by atoms with Crippen molar-refractivity contribution in [2.24, 2.45) is 0 Å². The first-order chi connectivity index (χ1) is 40.0. The van der Waals surface area contributed by atoms with Crippen LogP contribution in [-0.2, 0) is 10.8 Å². The van der Waals surface area contributed by atoms with Crippen LogP contribution in [-0.4, -0.2) is 16.3 Å². The first kappa shape index (κ1) is 41.1. The Labute approximate surface area is 464 Å². The number of fused-ring (bicyclic) bond motifs is 11. The number of aromatic amines is 1. The van der Waals surface area contributed by atoms with E-state index in [1.807, 2.05) is 12.1 Å². The minimum Gasteiger partial charge on any atom is -0.354 e. The van der Waals surface area contributed by atoms with Gasteiger partial charge in [0.25, 0.3) is 6.71 Å². The van der Waals surface area contributed by atoms with E-state index < -0.39 is 6.04 Å². The van der Waals surface area contributed by atoms with Crippen molar-refractivity contribution >= 4 is 83.8 Å². The smallest absolute Gasteiger partial charge is 0.252 e. The van der Waals surface area contributed by atoms with Crippen LogP contribution >= 0.6 is 0 Å². The largest absolute Gasteiger partial charge is 0.354 e. The van der Waals surface area contributed by atoms with E-state index in [1.54, 1.807) is 0 Å². The quantitative estimate of drug-likeness (QED) is 0.165. The Kier molecular flexibility index (Phi) is 9.06. The second-order valence-corrected chi connectivity index (χ2v) is 23.4. The summed E-state index contributed by atoms with van der Waals surface area (Å²) in [6.45, 7) is 13.5. The molecule has 2 aromatic heterocycles. The van der Waals surface area contributed by atoms with Crippen molar-refractivity contribution in [1.82, 2.24) is 9.55 Å². The van der Waals surface area contributed by atoms with Crippen LogP contribution in [0.4, 0.5) is 17.1 Å². The van der Waals surface area contributed by atoms with Crippen molar-refractivity contribution in [3.05, 3.63) is 248 Å². The highest BCUT2D eigenvalue weighted by molar-refractivity contribution is 7.00. The average Bonchev–Trinajstić information content (AvgIpc) is 1.79. The molecule has 0 radical (unpaired) electrons. The summed E-state index contributed by atoms with van der Waals surface area (Å²) in [4.78, 5) is 6.54. The number of nitrogens with zero attached hydrogens (tertiary/aromatic N) is 2. The number of para-hydroxylation sites is 1. The maximum atomic E-state index is 9.31. The Hall–Kier alpha value is -9.12. The molecule has 11 aromatic carbocycles. The zero-order chi connectivity index (χ0) is 57.0. The lowest BCUT2D eigenvalue weighted by atomic mass is 9.33. The van der Waals surface area contributed by atoms with E-state index in [9.17, 15) is 2.74 Å². The van der Waals surface area contributed by atoms with Crippen LogP contribution in [0.5, 0.6) is 0 Å². The number of nitrogens with one attached hydrogen (secondary N) is 1. The monoisotopic (exact) mass is 1000 g/mol. The van der Waals surface area contributed by atoms with Gasteiger partial charge in [-0.2, -0.15) is 0 Å². The third kappa shape index (κ3) is 7.05. The summed E-state index contributed by atoms with van der Waals surface area (Å²) in [7, 11) is 0. The number of H-pyrrole nitrogens is 1. The summed E-state index contributed by atoms with van der Waals surface area (Å²) in [5, 5.41) is 4.56. The van der Waals surface area contributed by atoms with Crippen LogP contribution in [0.3, 0.4) is 0 Å². The molecule has 372 valence electrons. The molecule has 0 unspecified atom stereocenters. The Morgan fingerprint density at radius 1 is 0.436 bits per heavy atom. The molecular weight excluding hydrogens is 942 g/mol. The van der Waals surface area contributed by atoms with Crippen LogP contribution in [0.15, 0.2) is 236 Å². The van der Waals surface area contributed by atoms with E-state index in [0.29, 0.717) is 5.56 Å². The van der Waals surface area contributed by atoms with Crippen LogP contribution in [0, 0.1) is 0 Å². The summed E-state index contributed by atoms with van der Waals surface area (Å²) in [5.74, 6) is 0. The van der Waals surface area contributed by atoms with E-state index in [-0.39, 0.29) is 47.3 Å². The van der Waals surface area contributed by atoms with Crippen LogP contribution in [0.25, 0.3) is 105 Å². The number of hydrogen-bond acceptors (Lipinski definition) is 1. The summed E-state index contributed by atoms with van der Waals surface area (Å²) < 4.78 is 47.4. The van der Waals surface area contributed by atoms with E-state index in [0.717, 1.165) is 100 Å². The van der Waals surface area contributed by atoms with E-state index in [2.05, 4.69) is 250 Å². The van der Waals surface area contributed by atoms with Gasteiger partial charge in [0.1, 0.15) is 0 Å². The molecule has 15 rings (SSSR count). The van der Waals surface area contributed by atoms with Gasteiger partial charge in [-0.25, -0.2) is 0 Å². The van der Waals surface area contributed by atoms with Gasteiger partial charge in [0, 0.05) is 49.7 Å². The number of benzene rings is 11. The van der Waals surface area contributed by atoms with Gasteiger partial charge in [-0.15, -0.1) is 0 Å². The summed E-state index contributed by atoms with van der Waals surface area (Å²) in [5.41, 5.74) is 23.6. The number of anilines is 3. The van der Waals surface area contributed by atoms with Crippen molar-refractivity contribution in [2.45, 2.75) is 52.4 Å². The third-order valence-corrected chi connectivity index (χ3v) is 16.7. The molecule has 0 aliphatic carbocycles. The lowest BCUT2D eigenvalue weighted by Gasteiger charge is -2.41. The van der Waals surface area contributed by atoms with Crippen LogP contribution in [0.2, 0.25) is 0 Å². The topological polar surface area (TPSA) is 24.0 Å². The number of aromatic nitrogens is 2. The standard InChI is InChI=1S/C74H58BN3/c1-73(2,3)51-36-40-65-60(42-51)61-43-52(74(4,5)6)44-63-71(61)78(65)67-45-64-68(59-32-20-31-58(70(59)76-64)57-30-19-18-29-56(57)55-28-17-16-27-54(55)49-25-14-9-15-26-49)72-69(67)75(63)62-39-35-50(47-23-12-8-13-24-47)41-66(62)77(72)53-37-33-48(34-38-53)46-21-10-7-11-22-46/h7-45,76H,1-6H3/i8D,12D,13D,23D,24D. The molecule has 0 amide bonds. The van der Waals surface area contributed by atoms with E-state index >= 15 is 0 Å². The summed E-state index contributed by atoms with van der Waals surface area (Å²) in [6, 6.07) is 73.0. The van der Waals surface area contributed by atoms with Gasteiger partial charge >= 0.3 is 0 Å². The Morgan fingerprint density at radius 3 is 1.74 bits per heavy atom. The summed E-state index contributed by atoms with van der Waals surface area (Å²) >= 11 is 0. The van der Waals surface area contributed by atoms with Gasteiger partial charge in [0.05, 0.1) is 29.1 Å². The molecule has 0 saturated carbocycles. The Morgan fingerprint density at radius 2 is 1.04 bits per heavy atom. The first-order valence-electron chi connectivity index (χ1n) is 29.7. The normalized spacial score (nSPS) is 13.8. The third-order valence-electron chi connectivity index (χ3n) is 16.7. The average molecular weight is 1010 g/mol. The molecule has 0 fully saturated rings.